The van der Waals surface area contributed by atoms with Gasteiger partial charge >= 0.3 is 0 Å². The van der Waals surface area contributed by atoms with Crippen LogP contribution in [0.4, 0.5) is 8.78 Å². The van der Waals surface area contributed by atoms with Crippen molar-refractivity contribution >= 4 is 5.91 Å². The first-order valence-corrected chi connectivity index (χ1v) is 7.22. The summed E-state index contributed by atoms with van der Waals surface area (Å²) in [6.45, 7) is 2.47. The molecule has 0 aromatic heterocycles. The number of β-amino-alcohol motifs (C(OH)–C–C–N with tert-alkyl or cyclic N) is 1. The Morgan fingerprint density at radius 3 is 2.33 bits per heavy atom. The number of rotatable bonds is 2. The number of amides is 1. The SMILES string of the molecule is O=C(c1cc(F)cc(F)c1)N1C[C@@H](O)[C@H](N2CCCC2)C1. The van der Waals surface area contributed by atoms with Crippen molar-refractivity contribution in [2.24, 2.45) is 0 Å². The summed E-state index contributed by atoms with van der Waals surface area (Å²) in [5.41, 5.74) is -0.0122. The summed E-state index contributed by atoms with van der Waals surface area (Å²) < 4.78 is 26.4. The molecule has 0 aliphatic carbocycles. The molecule has 0 bridgehead atoms. The van der Waals surface area contributed by atoms with Crippen LogP contribution in [0.2, 0.25) is 0 Å². The molecular formula is C15H18F2N2O2. The summed E-state index contributed by atoms with van der Waals surface area (Å²) in [5, 5.41) is 10.1. The predicted octanol–water partition coefficient (Wildman–Crippen LogP) is 1.25. The lowest BCUT2D eigenvalue weighted by Gasteiger charge is -2.25. The van der Waals surface area contributed by atoms with Crippen LogP contribution in [-0.2, 0) is 0 Å². The normalized spacial score (nSPS) is 26.5. The van der Waals surface area contributed by atoms with Crippen LogP contribution in [0.15, 0.2) is 18.2 Å². The quantitative estimate of drug-likeness (QED) is 0.893. The molecule has 1 amide bonds. The van der Waals surface area contributed by atoms with Crippen LogP contribution in [0, 0.1) is 11.6 Å². The maximum absolute atomic E-state index is 13.2. The minimum atomic E-state index is -0.769. The highest BCUT2D eigenvalue weighted by molar-refractivity contribution is 5.94. The minimum absolute atomic E-state index is 0.0122. The Balaban J connectivity index is 1.73. The summed E-state index contributed by atoms with van der Waals surface area (Å²) in [4.78, 5) is 16.0. The van der Waals surface area contributed by atoms with Crippen molar-refractivity contribution in [2.75, 3.05) is 26.2 Å². The molecule has 2 saturated heterocycles. The maximum atomic E-state index is 13.2. The Hall–Kier alpha value is -1.53. The molecule has 3 rings (SSSR count). The number of carbonyl (C=O) groups is 1. The molecule has 1 aromatic carbocycles. The van der Waals surface area contributed by atoms with E-state index in [4.69, 9.17) is 0 Å². The van der Waals surface area contributed by atoms with E-state index in [1.54, 1.807) is 0 Å². The van der Waals surface area contributed by atoms with E-state index in [9.17, 15) is 18.7 Å². The highest BCUT2D eigenvalue weighted by Gasteiger charge is 2.38. The summed E-state index contributed by atoms with van der Waals surface area (Å²) in [7, 11) is 0. The third-order valence-corrected chi connectivity index (χ3v) is 4.27. The molecule has 2 atom stereocenters. The van der Waals surface area contributed by atoms with E-state index in [2.05, 4.69) is 4.90 Å². The summed E-state index contributed by atoms with van der Waals surface area (Å²) in [5.74, 6) is -1.97. The maximum Gasteiger partial charge on any atom is 0.254 e. The van der Waals surface area contributed by atoms with E-state index in [-0.39, 0.29) is 18.2 Å². The lowest BCUT2D eigenvalue weighted by molar-refractivity contribution is 0.0762. The third kappa shape index (κ3) is 2.91. The van der Waals surface area contributed by atoms with Crippen molar-refractivity contribution in [1.82, 2.24) is 9.80 Å². The number of carbonyl (C=O) groups excluding carboxylic acids is 1. The number of nitrogens with zero attached hydrogens (tertiary/aromatic N) is 2. The van der Waals surface area contributed by atoms with Crippen molar-refractivity contribution in [3.05, 3.63) is 35.4 Å². The molecule has 4 nitrogen and oxygen atoms in total. The van der Waals surface area contributed by atoms with Gasteiger partial charge < -0.3 is 10.0 Å². The fraction of sp³-hybridized carbons (Fsp3) is 0.533. The fourth-order valence-corrected chi connectivity index (χ4v) is 3.23. The third-order valence-electron chi connectivity index (χ3n) is 4.27. The molecule has 0 unspecified atom stereocenters. The number of hydrogen-bond donors (Lipinski definition) is 1. The second kappa shape index (κ2) is 5.69. The lowest BCUT2D eigenvalue weighted by Crippen LogP contribution is -2.41. The first-order valence-electron chi connectivity index (χ1n) is 7.22. The number of hydrogen-bond acceptors (Lipinski definition) is 3. The van der Waals surface area contributed by atoms with Crippen LogP contribution >= 0.6 is 0 Å². The van der Waals surface area contributed by atoms with Crippen molar-refractivity contribution in [3.63, 3.8) is 0 Å². The number of likely N-dealkylation sites (tertiary alicyclic amines) is 2. The second-order valence-electron chi connectivity index (χ2n) is 5.75. The molecule has 0 saturated carbocycles. The van der Waals surface area contributed by atoms with Crippen molar-refractivity contribution in [3.8, 4) is 0 Å². The van der Waals surface area contributed by atoms with Crippen molar-refractivity contribution < 1.29 is 18.7 Å². The van der Waals surface area contributed by atoms with Gasteiger partial charge in [-0.3, -0.25) is 9.69 Å². The Morgan fingerprint density at radius 2 is 1.71 bits per heavy atom. The number of aliphatic hydroxyl groups excluding tert-OH is 1. The topological polar surface area (TPSA) is 43.8 Å². The average Bonchev–Trinajstić information content (AvgIpc) is 3.05. The van der Waals surface area contributed by atoms with Gasteiger partial charge in [-0.1, -0.05) is 0 Å². The Kier molecular flexibility index (Phi) is 3.91. The standard InChI is InChI=1S/C15H18F2N2O2/c16-11-5-10(6-12(17)7-11)15(21)19-8-13(14(20)9-19)18-3-1-2-4-18/h5-7,13-14,20H,1-4,8-9H2/t13-,14-/m1/s1. The van der Waals surface area contributed by atoms with Crippen LogP contribution in [-0.4, -0.2) is 59.1 Å². The van der Waals surface area contributed by atoms with E-state index < -0.39 is 23.6 Å². The number of halogens is 2. The molecule has 21 heavy (non-hydrogen) atoms. The van der Waals surface area contributed by atoms with E-state index in [0.29, 0.717) is 6.54 Å². The van der Waals surface area contributed by atoms with Gasteiger partial charge in [-0.25, -0.2) is 8.78 Å². The number of benzene rings is 1. The van der Waals surface area contributed by atoms with E-state index >= 15 is 0 Å². The lowest BCUT2D eigenvalue weighted by atomic mass is 10.2. The molecular weight excluding hydrogens is 278 g/mol. The molecule has 1 N–H and O–H groups in total. The highest BCUT2D eigenvalue weighted by atomic mass is 19.1. The Labute approximate surface area is 122 Å². The smallest absolute Gasteiger partial charge is 0.254 e. The van der Waals surface area contributed by atoms with Crippen LogP contribution in [0.25, 0.3) is 0 Å². The summed E-state index contributed by atoms with van der Waals surface area (Å²) >= 11 is 0. The van der Waals surface area contributed by atoms with Crippen molar-refractivity contribution in [1.29, 1.82) is 0 Å². The monoisotopic (exact) mass is 296 g/mol. The molecule has 2 heterocycles. The van der Waals surface area contributed by atoms with Crippen LogP contribution in [0.5, 0.6) is 0 Å². The summed E-state index contributed by atoms with van der Waals surface area (Å²) in [6, 6.07) is 2.72. The first-order chi connectivity index (χ1) is 10.0. The Morgan fingerprint density at radius 1 is 1.10 bits per heavy atom. The zero-order valence-electron chi connectivity index (χ0n) is 11.6. The van der Waals surface area contributed by atoms with E-state index in [1.165, 1.54) is 4.90 Å². The molecule has 2 aliphatic heterocycles. The molecule has 6 heteroatoms. The fourth-order valence-electron chi connectivity index (χ4n) is 3.23. The van der Waals surface area contributed by atoms with Gasteiger partial charge in [0.25, 0.3) is 5.91 Å². The zero-order chi connectivity index (χ0) is 15.0. The van der Waals surface area contributed by atoms with Gasteiger partial charge in [-0.2, -0.15) is 0 Å². The largest absolute Gasteiger partial charge is 0.390 e. The van der Waals surface area contributed by atoms with E-state index in [1.807, 2.05) is 0 Å². The first kappa shape index (κ1) is 14.4. The van der Waals surface area contributed by atoms with Gasteiger partial charge in [-0.05, 0) is 38.1 Å². The second-order valence-corrected chi connectivity index (χ2v) is 5.75. The highest BCUT2D eigenvalue weighted by Crippen LogP contribution is 2.22. The molecule has 2 fully saturated rings. The van der Waals surface area contributed by atoms with Crippen molar-refractivity contribution in [2.45, 2.75) is 25.0 Å². The molecule has 0 radical (unpaired) electrons. The summed E-state index contributed by atoms with van der Waals surface area (Å²) in [6.07, 6.45) is 1.60. The van der Waals surface area contributed by atoms with E-state index in [0.717, 1.165) is 44.1 Å². The van der Waals surface area contributed by atoms with Gasteiger partial charge in [0.2, 0.25) is 0 Å². The minimum Gasteiger partial charge on any atom is -0.390 e. The molecule has 114 valence electrons. The van der Waals surface area contributed by atoms with Crippen LogP contribution in [0.3, 0.4) is 0 Å². The Bertz CT molecular complexity index is 526. The van der Waals surface area contributed by atoms with Gasteiger partial charge in [0.15, 0.2) is 0 Å². The molecule has 2 aliphatic rings. The number of aliphatic hydroxyl groups is 1. The molecule has 1 aromatic rings. The van der Waals surface area contributed by atoms with Gasteiger partial charge in [0.1, 0.15) is 11.6 Å². The zero-order valence-corrected chi connectivity index (χ0v) is 11.6. The van der Waals surface area contributed by atoms with Crippen LogP contribution in [0.1, 0.15) is 23.2 Å². The average molecular weight is 296 g/mol. The predicted molar refractivity (Wildman–Crippen MR) is 72.9 cm³/mol. The van der Waals surface area contributed by atoms with Gasteiger partial charge in [0, 0.05) is 24.7 Å². The van der Waals surface area contributed by atoms with Crippen LogP contribution < -0.4 is 0 Å². The van der Waals surface area contributed by atoms with Gasteiger partial charge in [-0.15, -0.1) is 0 Å². The van der Waals surface area contributed by atoms with Gasteiger partial charge in [0.05, 0.1) is 12.1 Å². The molecule has 0 spiro atoms.